The van der Waals surface area contributed by atoms with E-state index in [1.54, 1.807) is 25.3 Å². The molecular weight excluding hydrogens is 254 g/mol. The first kappa shape index (κ1) is 16.3. The zero-order chi connectivity index (χ0) is 15.3. The van der Waals surface area contributed by atoms with Gasteiger partial charge in [0.15, 0.2) is 0 Å². The first-order valence-electron chi connectivity index (χ1n) is 6.87. The van der Waals surface area contributed by atoms with Gasteiger partial charge >= 0.3 is 0 Å². The summed E-state index contributed by atoms with van der Waals surface area (Å²) in [4.78, 5) is 14.4. The van der Waals surface area contributed by atoms with Gasteiger partial charge in [0.05, 0.1) is 18.8 Å². The number of nitrogen functional groups attached to an aromatic ring is 1. The lowest BCUT2D eigenvalue weighted by Gasteiger charge is -2.29. The van der Waals surface area contributed by atoms with E-state index in [2.05, 4.69) is 19.2 Å². The number of methoxy groups -OCH3 is 1. The van der Waals surface area contributed by atoms with Crippen LogP contribution in [0, 0.1) is 0 Å². The number of hydrogen-bond acceptors (Lipinski definition) is 4. The van der Waals surface area contributed by atoms with E-state index in [0.29, 0.717) is 23.2 Å². The zero-order valence-electron chi connectivity index (χ0n) is 12.9. The normalized spacial score (nSPS) is 13.9. The summed E-state index contributed by atoms with van der Waals surface area (Å²) >= 11 is 0. The lowest BCUT2D eigenvalue weighted by atomic mass is 10.1. The number of anilines is 2. The standard InChI is InChI=1S/C15H25N3O2/c1-6-10(2)18(4)11(3)15(19)17-13-9-12(16)7-8-14(13)20-5/h7-11H,6,16H2,1-5H3,(H,17,19). The number of rotatable bonds is 6. The Hall–Kier alpha value is -1.75. The van der Waals surface area contributed by atoms with Crippen LogP contribution in [0.3, 0.4) is 0 Å². The molecule has 5 heteroatoms. The number of amides is 1. The van der Waals surface area contributed by atoms with Gasteiger partial charge < -0.3 is 15.8 Å². The second-order valence-electron chi connectivity index (χ2n) is 5.05. The van der Waals surface area contributed by atoms with Gasteiger partial charge in [-0.2, -0.15) is 0 Å². The van der Waals surface area contributed by atoms with Crippen molar-refractivity contribution in [2.75, 3.05) is 25.2 Å². The van der Waals surface area contributed by atoms with Crippen LogP contribution in [-0.4, -0.2) is 37.0 Å². The molecule has 0 fully saturated rings. The van der Waals surface area contributed by atoms with E-state index in [4.69, 9.17) is 10.5 Å². The van der Waals surface area contributed by atoms with E-state index in [1.165, 1.54) is 0 Å². The number of likely N-dealkylation sites (N-methyl/N-ethyl adjacent to an activating group) is 1. The molecule has 2 atom stereocenters. The minimum atomic E-state index is -0.226. The van der Waals surface area contributed by atoms with Gasteiger partial charge in [0.1, 0.15) is 5.75 Å². The second kappa shape index (κ2) is 7.14. The summed E-state index contributed by atoms with van der Waals surface area (Å²) in [5.74, 6) is 0.530. The van der Waals surface area contributed by atoms with Crippen LogP contribution in [0.15, 0.2) is 18.2 Å². The lowest BCUT2D eigenvalue weighted by Crippen LogP contribution is -2.44. The van der Waals surface area contributed by atoms with Crippen molar-refractivity contribution in [3.05, 3.63) is 18.2 Å². The molecule has 1 amide bonds. The number of hydrogen-bond donors (Lipinski definition) is 2. The van der Waals surface area contributed by atoms with Crippen LogP contribution in [-0.2, 0) is 4.79 Å². The van der Waals surface area contributed by atoms with Crippen molar-refractivity contribution < 1.29 is 9.53 Å². The van der Waals surface area contributed by atoms with Crippen molar-refractivity contribution in [3.63, 3.8) is 0 Å². The molecule has 0 saturated carbocycles. The molecule has 2 unspecified atom stereocenters. The summed E-state index contributed by atoms with van der Waals surface area (Å²) in [5.41, 5.74) is 6.93. The maximum Gasteiger partial charge on any atom is 0.241 e. The van der Waals surface area contributed by atoms with Gasteiger partial charge in [-0.05, 0) is 45.5 Å². The fraction of sp³-hybridized carbons (Fsp3) is 0.533. The maximum atomic E-state index is 12.3. The highest BCUT2D eigenvalue weighted by molar-refractivity contribution is 5.96. The van der Waals surface area contributed by atoms with Gasteiger partial charge in [0, 0.05) is 11.7 Å². The van der Waals surface area contributed by atoms with Crippen molar-refractivity contribution in [1.29, 1.82) is 0 Å². The van der Waals surface area contributed by atoms with E-state index in [9.17, 15) is 4.79 Å². The maximum absolute atomic E-state index is 12.3. The number of nitrogens with zero attached hydrogens (tertiary/aromatic N) is 1. The first-order chi connectivity index (χ1) is 9.40. The van der Waals surface area contributed by atoms with Gasteiger partial charge in [0.2, 0.25) is 5.91 Å². The highest BCUT2D eigenvalue weighted by Crippen LogP contribution is 2.26. The minimum Gasteiger partial charge on any atom is -0.495 e. The van der Waals surface area contributed by atoms with E-state index in [-0.39, 0.29) is 11.9 Å². The molecule has 1 aromatic carbocycles. The van der Waals surface area contributed by atoms with Crippen molar-refractivity contribution in [2.45, 2.75) is 39.3 Å². The van der Waals surface area contributed by atoms with Crippen LogP contribution in [0.4, 0.5) is 11.4 Å². The van der Waals surface area contributed by atoms with Crippen LogP contribution >= 0.6 is 0 Å². The third-order valence-electron chi connectivity index (χ3n) is 3.76. The second-order valence-corrected chi connectivity index (χ2v) is 5.05. The molecule has 3 N–H and O–H groups in total. The Morgan fingerprint density at radius 3 is 2.65 bits per heavy atom. The highest BCUT2D eigenvalue weighted by atomic mass is 16.5. The Morgan fingerprint density at radius 1 is 1.45 bits per heavy atom. The van der Waals surface area contributed by atoms with Gasteiger partial charge in [-0.1, -0.05) is 6.92 Å². The van der Waals surface area contributed by atoms with Crippen molar-refractivity contribution in [3.8, 4) is 5.75 Å². The van der Waals surface area contributed by atoms with Crippen LogP contribution in [0.25, 0.3) is 0 Å². The molecular formula is C15H25N3O2. The van der Waals surface area contributed by atoms with Gasteiger partial charge in [-0.3, -0.25) is 9.69 Å². The molecule has 1 rings (SSSR count). The summed E-state index contributed by atoms with van der Waals surface area (Å²) < 4.78 is 5.23. The molecule has 0 bridgehead atoms. The molecule has 20 heavy (non-hydrogen) atoms. The largest absolute Gasteiger partial charge is 0.495 e. The third kappa shape index (κ3) is 3.87. The average Bonchev–Trinajstić information content (AvgIpc) is 2.45. The van der Waals surface area contributed by atoms with Crippen LogP contribution < -0.4 is 15.8 Å². The summed E-state index contributed by atoms with van der Waals surface area (Å²) in [6.07, 6.45) is 0.996. The lowest BCUT2D eigenvalue weighted by molar-refractivity contribution is -0.121. The quantitative estimate of drug-likeness (QED) is 0.784. The molecule has 1 aromatic rings. The molecule has 0 radical (unpaired) electrons. The SMILES string of the molecule is CCC(C)N(C)C(C)C(=O)Nc1cc(N)ccc1OC. The fourth-order valence-corrected chi connectivity index (χ4v) is 1.92. The highest BCUT2D eigenvalue weighted by Gasteiger charge is 2.22. The molecule has 112 valence electrons. The number of benzene rings is 1. The number of carbonyl (C=O) groups is 1. The smallest absolute Gasteiger partial charge is 0.241 e. The predicted octanol–water partition coefficient (Wildman–Crippen LogP) is 2.33. The van der Waals surface area contributed by atoms with Gasteiger partial charge in [-0.25, -0.2) is 0 Å². The summed E-state index contributed by atoms with van der Waals surface area (Å²) in [6.45, 7) is 6.10. The monoisotopic (exact) mass is 279 g/mol. The van der Waals surface area contributed by atoms with Gasteiger partial charge in [0.25, 0.3) is 0 Å². The minimum absolute atomic E-state index is 0.0725. The summed E-state index contributed by atoms with van der Waals surface area (Å²) in [7, 11) is 3.52. The zero-order valence-corrected chi connectivity index (χ0v) is 12.9. The molecule has 0 aliphatic carbocycles. The van der Waals surface area contributed by atoms with E-state index in [1.807, 2.05) is 18.9 Å². The van der Waals surface area contributed by atoms with Crippen molar-refractivity contribution in [2.24, 2.45) is 0 Å². The van der Waals surface area contributed by atoms with E-state index >= 15 is 0 Å². The Kier molecular flexibility index (Phi) is 5.82. The number of ether oxygens (including phenoxy) is 1. The first-order valence-corrected chi connectivity index (χ1v) is 6.87. The molecule has 0 aliphatic heterocycles. The number of carbonyl (C=O) groups excluding carboxylic acids is 1. The Morgan fingerprint density at radius 2 is 2.10 bits per heavy atom. The van der Waals surface area contributed by atoms with Crippen molar-refractivity contribution in [1.82, 2.24) is 4.90 Å². The summed E-state index contributed by atoms with van der Waals surface area (Å²) in [6, 6.07) is 5.30. The average molecular weight is 279 g/mol. The van der Waals surface area contributed by atoms with Crippen LogP contribution in [0.1, 0.15) is 27.2 Å². The topological polar surface area (TPSA) is 67.6 Å². The fourth-order valence-electron chi connectivity index (χ4n) is 1.92. The Balaban J connectivity index is 2.82. The van der Waals surface area contributed by atoms with E-state index in [0.717, 1.165) is 6.42 Å². The molecule has 0 spiro atoms. The Bertz CT molecular complexity index is 462. The third-order valence-corrected chi connectivity index (χ3v) is 3.76. The number of nitrogens with one attached hydrogen (secondary N) is 1. The summed E-state index contributed by atoms with van der Waals surface area (Å²) in [5, 5.41) is 2.88. The van der Waals surface area contributed by atoms with Gasteiger partial charge in [-0.15, -0.1) is 0 Å². The molecule has 0 aromatic heterocycles. The molecule has 0 aliphatic rings. The number of nitrogens with two attached hydrogens (primary N) is 1. The van der Waals surface area contributed by atoms with Crippen molar-refractivity contribution >= 4 is 17.3 Å². The Labute approximate surface area is 121 Å². The molecule has 0 saturated heterocycles. The molecule has 5 nitrogen and oxygen atoms in total. The predicted molar refractivity (Wildman–Crippen MR) is 83.0 cm³/mol. The van der Waals surface area contributed by atoms with Crippen LogP contribution in [0.2, 0.25) is 0 Å². The van der Waals surface area contributed by atoms with Crippen LogP contribution in [0.5, 0.6) is 5.75 Å². The van der Waals surface area contributed by atoms with E-state index < -0.39 is 0 Å². The molecule has 0 heterocycles.